The number of aliphatic carboxylic acids is 1. The Hall–Kier alpha value is -2.47. The first kappa shape index (κ1) is 14.9. The fourth-order valence-electron chi connectivity index (χ4n) is 1.65. The number of rotatable bonds is 4. The van der Waals surface area contributed by atoms with Gasteiger partial charge in [0.25, 0.3) is 5.91 Å². The van der Waals surface area contributed by atoms with Gasteiger partial charge in [-0.1, -0.05) is 12.1 Å². The third-order valence-electron chi connectivity index (χ3n) is 3.02. The molecule has 0 radical (unpaired) electrons. The number of hydrogen-bond donors (Lipinski definition) is 2. The number of hydrogen-bond acceptors (Lipinski definition) is 4. The van der Waals surface area contributed by atoms with Gasteiger partial charge in [-0.2, -0.15) is 0 Å². The number of anilines is 1. The van der Waals surface area contributed by atoms with E-state index in [1.165, 1.54) is 25.2 Å². The summed E-state index contributed by atoms with van der Waals surface area (Å²) in [5.74, 6) is -1.52. The Morgan fingerprint density at radius 2 is 2.00 bits per heavy atom. The average Bonchev–Trinajstić information content (AvgIpc) is 3.00. The van der Waals surface area contributed by atoms with Crippen LogP contribution in [-0.2, 0) is 9.59 Å². The number of carbonyl (C=O) groups is 2. The van der Waals surface area contributed by atoms with Crippen LogP contribution in [0.15, 0.2) is 47.0 Å². The van der Waals surface area contributed by atoms with Crippen LogP contribution in [0.1, 0.15) is 13.8 Å². The Morgan fingerprint density at radius 3 is 2.62 bits per heavy atom. The van der Waals surface area contributed by atoms with E-state index in [1.54, 1.807) is 18.3 Å². The van der Waals surface area contributed by atoms with Gasteiger partial charge in [0.05, 0.1) is 0 Å². The zero-order chi connectivity index (χ0) is 15.4. The van der Waals surface area contributed by atoms with E-state index in [9.17, 15) is 9.59 Å². The summed E-state index contributed by atoms with van der Waals surface area (Å²) in [6.07, 6.45) is 1.72. The van der Waals surface area contributed by atoms with Crippen molar-refractivity contribution in [1.82, 2.24) is 4.98 Å². The van der Waals surface area contributed by atoms with E-state index in [0.29, 0.717) is 5.69 Å². The molecule has 0 aliphatic heterocycles. The lowest BCUT2D eigenvalue weighted by atomic mass is 10.1. The summed E-state index contributed by atoms with van der Waals surface area (Å²) in [6.45, 7) is 2.90. The van der Waals surface area contributed by atoms with Crippen LogP contribution in [0.2, 0.25) is 0 Å². The fraction of sp³-hybridized carbons (Fsp3) is 0.133. The molecule has 6 heteroatoms. The predicted octanol–water partition coefficient (Wildman–Crippen LogP) is 3.17. The standard InChI is InChI=1S/C15H14N2O3S/c1-9(10(2)15(19)20)13(18)17-12-5-3-4-11(8-12)14-16-6-7-21-14/h3-8H,1-2H3,(H,17,18)(H,19,20). The summed E-state index contributed by atoms with van der Waals surface area (Å²) in [5, 5.41) is 14.3. The van der Waals surface area contributed by atoms with Crippen molar-refractivity contribution in [2.45, 2.75) is 13.8 Å². The van der Waals surface area contributed by atoms with Crippen molar-refractivity contribution in [3.63, 3.8) is 0 Å². The molecule has 2 N–H and O–H groups in total. The van der Waals surface area contributed by atoms with Crippen LogP contribution in [0.4, 0.5) is 5.69 Å². The van der Waals surface area contributed by atoms with Crippen LogP contribution in [0, 0.1) is 0 Å². The molecule has 108 valence electrons. The lowest BCUT2D eigenvalue weighted by Gasteiger charge is -2.08. The average molecular weight is 302 g/mol. The van der Waals surface area contributed by atoms with Crippen molar-refractivity contribution >= 4 is 28.9 Å². The van der Waals surface area contributed by atoms with Gasteiger partial charge in [0.1, 0.15) is 5.01 Å². The van der Waals surface area contributed by atoms with Crippen molar-refractivity contribution in [3.05, 3.63) is 47.0 Å². The van der Waals surface area contributed by atoms with E-state index < -0.39 is 11.9 Å². The first-order valence-electron chi connectivity index (χ1n) is 6.21. The molecular weight excluding hydrogens is 288 g/mol. The molecule has 0 atom stereocenters. The minimum atomic E-state index is -1.10. The molecule has 0 saturated carbocycles. The maximum atomic E-state index is 12.0. The van der Waals surface area contributed by atoms with Crippen molar-refractivity contribution in [2.24, 2.45) is 0 Å². The number of carbonyl (C=O) groups excluding carboxylic acids is 1. The van der Waals surface area contributed by atoms with Crippen molar-refractivity contribution < 1.29 is 14.7 Å². The Morgan fingerprint density at radius 1 is 1.24 bits per heavy atom. The van der Waals surface area contributed by atoms with Gasteiger partial charge in [0, 0.05) is 34.0 Å². The van der Waals surface area contributed by atoms with Crippen LogP contribution >= 0.6 is 11.3 Å². The molecule has 0 unspecified atom stereocenters. The van der Waals surface area contributed by atoms with Crippen LogP contribution in [0.3, 0.4) is 0 Å². The molecule has 0 aliphatic rings. The quantitative estimate of drug-likeness (QED) is 0.850. The largest absolute Gasteiger partial charge is 0.478 e. The first-order valence-corrected chi connectivity index (χ1v) is 7.09. The number of carboxylic acid groups (broad SMARTS) is 1. The first-order chi connectivity index (χ1) is 9.99. The van der Waals surface area contributed by atoms with Gasteiger partial charge in [0.2, 0.25) is 0 Å². The number of benzene rings is 1. The molecule has 0 aliphatic carbocycles. The van der Waals surface area contributed by atoms with Crippen LogP contribution in [0.25, 0.3) is 10.6 Å². The summed E-state index contributed by atoms with van der Waals surface area (Å²) >= 11 is 1.51. The van der Waals surface area contributed by atoms with Crippen molar-refractivity contribution in [1.29, 1.82) is 0 Å². The van der Waals surface area contributed by atoms with Crippen molar-refractivity contribution in [2.75, 3.05) is 5.32 Å². The molecular formula is C15H14N2O3S. The van der Waals surface area contributed by atoms with Crippen molar-refractivity contribution in [3.8, 4) is 10.6 Å². The molecule has 1 amide bonds. The number of thiazole rings is 1. The molecule has 0 saturated heterocycles. The number of aromatic nitrogens is 1. The number of amides is 1. The highest BCUT2D eigenvalue weighted by atomic mass is 32.1. The molecule has 1 aromatic heterocycles. The normalized spacial score (nSPS) is 11.7. The zero-order valence-corrected chi connectivity index (χ0v) is 12.4. The Balaban J connectivity index is 2.21. The molecule has 2 aromatic rings. The monoisotopic (exact) mass is 302 g/mol. The van der Waals surface area contributed by atoms with E-state index in [0.717, 1.165) is 10.6 Å². The smallest absolute Gasteiger partial charge is 0.331 e. The minimum absolute atomic E-state index is 0.0311. The Labute approximate surface area is 126 Å². The third-order valence-corrected chi connectivity index (χ3v) is 3.85. The van der Waals surface area contributed by atoms with Gasteiger partial charge in [0.15, 0.2) is 0 Å². The molecule has 0 spiro atoms. The van der Waals surface area contributed by atoms with Gasteiger partial charge >= 0.3 is 5.97 Å². The van der Waals surface area contributed by atoms with Crippen LogP contribution in [0.5, 0.6) is 0 Å². The molecule has 21 heavy (non-hydrogen) atoms. The maximum absolute atomic E-state index is 12.0. The van der Waals surface area contributed by atoms with Gasteiger partial charge < -0.3 is 10.4 Å². The number of nitrogens with zero attached hydrogens (tertiary/aromatic N) is 1. The lowest BCUT2D eigenvalue weighted by Crippen LogP contribution is -2.16. The predicted molar refractivity (Wildman–Crippen MR) is 82.2 cm³/mol. The second-order valence-electron chi connectivity index (χ2n) is 4.43. The molecule has 2 rings (SSSR count). The molecule has 0 bridgehead atoms. The second-order valence-corrected chi connectivity index (χ2v) is 5.32. The molecule has 0 fully saturated rings. The fourth-order valence-corrected chi connectivity index (χ4v) is 2.29. The van der Waals surface area contributed by atoms with E-state index in [4.69, 9.17) is 5.11 Å². The summed E-state index contributed by atoms with van der Waals surface area (Å²) < 4.78 is 0. The summed E-state index contributed by atoms with van der Waals surface area (Å²) in [5.41, 5.74) is 1.72. The third kappa shape index (κ3) is 3.55. The maximum Gasteiger partial charge on any atom is 0.331 e. The van der Waals surface area contributed by atoms with Crippen LogP contribution in [-0.4, -0.2) is 22.0 Å². The Kier molecular flexibility index (Phi) is 4.49. The highest BCUT2D eigenvalue weighted by Crippen LogP contribution is 2.24. The van der Waals surface area contributed by atoms with E-state index in [-0.39, 0.29) is 11.1 Å². The SMILES string of the molecule is CC(C(=O)O)=C(C)C(=O)Nc1cccc(-c2nccs2)c1. The molecule has 1 heterocycles. The highest BCUT2D eigenvalue weighted by Gasteiger charge is 2.13. The second kappa shape index (κ2) is 6.32. The number of nitrogens with one attached hydrogen (secondary N) is 1. The summed E-state index contributed by atoms with van der Waals surface area (Å²) in [4.78, 5) is 27.1. The summed E-state index contributed by atoms with van der Waals surface area (Å²) in [7, 11) is 0. The molecule has 1 aromatic carbocycles. The minimum Gasteiger partial charge on any atom is -0.478 e. The highest BCUT2D eigenvalue weighted by molar-refractivity contribution is 7.13. The number of carboxylic acids is 1. The van der Waals surface area contributed by atoms with Gasteiger partial charge in [-0.05, 0) is 26.0 Å². The zero-order valence-electron chi connectivity index (χ0n) is 11.6. The lowest BCUT2D eigenvalue weighted by molar-refractivity contribution is -0.133. The van der Waals surface area contributed by atoms with Crippen LogP contribution < -0.4 is 5.32 Å². The Bertz CT molecular complexity index is 705. The van der Waals surface area contributed by atoms with E-state index in [2.05, 4.69) is 10.3 Å². The topological polar surface area (TPSA) is 79.3 Å². The van der Waals surface area contributed by atoms with Gasteiger partial charge in [-0.25, -0.2) is 9.78 Å². The van der Waals surface area contributed by atoms with E-state index in [1.807, 2.05) is 17.5 Å². The summed E-state index contributed by atoms with van der Waals surface area (Å²) in [6, 6.07) is 7.27. The van der Waals surface area contributed by atoms with E-state index >= 15 is 0 Å². The molecule has 5 nitrogen and oxygen atoms in total. The van der Waals surface area contributed by atoms with Gasteiger partial charge in [-0.15, -0.1) is 11.3 Å². The van der Waals surface area contributed by atoms with Gasteiger partial charge in [-0.3, -0.25) is 4.79 Å².